The van der Waals surface area contributed by atoms with E-state index in [1.165, 1.54) is 6.08 Å². The molecule has 0 aliphatic rings. The Bertz CT molecular complexity index is 1160. The van der Waals surface area contributed by atoms with E-state index in [0.29, 0.717) is 17.4 Å². The zero-order chi connectivity index (χ0) is 20.8. The molecule has 3 nitrogen and oxygen atoms in total. The first-order valence-electron chi connectivity index (χ1n) is 9.51. The minimum atomic E-state index is -0.189. The number of nitrogens with zero attached hydrogens (tertiary/aromatic N) is 1. The standard InChI is InChI=1S/C26H19NO2S/c28-19-21-7-4-5-10-24(21)25(29)17-14-20-12-15-23(16-13-20)27(26-11-6-18-30-26)22-8-2-1-3-9-22/h1-19H/b17-14-. The van der Waals surface area contributed by atoms with Gasteiger partial charge in [-0.2, -0.15) is 0 Å². The van der Waals surface area contributed by atoms with Crippen LogP contribution in [-0.2, 0) is 0 Å². The quantitative estimate of drug-likeness (QED) is 0.189. The number of aldehydes is 1. The minimum absolute atomic E-state index is 0.189. The van der Waals surface area contributed by atoms with E-state index in [-0.39, 0.29) is 5.78 Å². The number of anilines is 3. The van der Waals surface area contributed by atoms with Crippen LogP contribution in [0, 0.1) is 0 Å². The highest BCUT2D eigenvalue weighted by Crippen LogP contribution is 2.37. The second-order valence-electron chi connectivity index (χ2n) is 6.62. The minimum Gasteiger partial charge on any atom is -0.302 e. The van der Waals surface area contributed by atoms with E-state index in [9.17, 15) is 9.59 Å². The van der Waals surface area contributed by atoms with E-state index in [4.69, 9.17) is 0 Å². The molecule has 0 radical (unpaired) electrons. The van der Waals surface area contributed by atoms with Crippen molar-refractivity contribution in [3.63, 3.8) is 0 Å². The van der Waals surface area contributed by atoms with Crippen molar-refractivity contribution in [2.24, 2.45) is 0 Å². The molecule has 0 aliphatic heterocycles. The summed E-state index contributed by atoms with van der Waals surface area (Å²) in [5.41, 5.74) is 3.85. The highest BCUT2D eigenvalue weighted by molar-refractivity contribution is 7.14. The number of para-hydroxylation sites is 1. The summed E-state index contributed by atoms with van der Waals surface area (Å²) in [6, 6.07) is 29.2. The Morgan fingerprint density at radius 1 is 0.767 bits per heavy atom. The van der Waals surface area contributed by atoms with E-state index >= 15 is 0 Å². The summed E-state index contributed by atoms with van der Waals surface area (Å²) in [6.07, 6.45) is 3.98. The molecule has 30 heavy (non-hydrogen) atoms. The first-order valence-corrected chi connectivity index (χ1v) is 10.4. The maximum absolute atomic E-state index is 12.5. The molecule has 0 N–H and O–H groups in total. The van der Waals surface area contributed by atoms with Gasteiger partial charge in [0.05, 0.1) is 5.00 Å². The van der Waals surface area contributed by atoms with Crippen LogP contribution >= 0.6 is 11.3 Å². The average molecular weight is 410 g/mol. The Morgan fingerprint density at radius 3 is 2.17 bits per heavy atom. The number of allylic oxidation sites excluding steroid dienone is 1. The molecule has 0 spiro atoms. The maximum atomic E-state index is 12.5. The van der Waals surface area contributed by atoms with Crippen LogP contribution in [0.3, 0.4) is 0 Å². The molecule has 0 unspecified atom stereocenters. The normalized spacial score (nSPS) is 10.8. The van der Waals surface area contributed by atoms with Gasteiger partial charge in [-0.15, -0.1) is 11.3 Å². The van der Waals surface area contributed by atoms with Gasteiger partial charge in [-0.3, -0.25) is 9.59 Å². The lowest BCUT2D eigenvalue weighted by atomic mass is 10.0. The van der Waals surface area contributed by atoms with Crippen molar-refractivity contribution < 1.29 is 9.59 Å². The lowest BCUT2D eigenvalue weighted by Crippen LogP contribution is -2.07. The molecule has 0 saturated carbocycles. The molecule has 0 bridgehead atoms. The highest BCUT2D eigenvalue weighted by Gasteiger charge is 2.12. The van der Waals surface area contributed by atoms with Crippen LogP contribution < -0.4 is 4.90 Å². The SMILES string of the molecule is O=Cc1ccccc1C(=O)/C=C\c1ccc(N(c2ccccc2)c2cccs2)cc1. The van der Waals surface area contributed by atoms with E-state index in [1.807, 2.05) is 48.5 Å². The van der Waals surface area contributed by atoms with Gasteiger partial charge in [0.15, 0.2) is 12.1 Å². The Morgan fingerprint density at radius 2 is 1.47 bits per heavy atom. The third-order valence-electron chi connectivity index (χ3n) is 4.67. The fourth-order valence-corrected chi connectivity index (χ4v) is 3.97. The van der Waals surface area contributed by atoms with Crippen molar-refractivity contribution in [2.45, 2.75) is 0 Å². The Kier molecular flexibility index (Phi) is 5.97. The van der Waals surface area contributed by atoms with Gasteiger partial charge in [0.2, 0.25) is 0 Å². The van der Waals surface area contributed by atoms with Crippen LogP contribution in [0.5, 0.6) is 0 Å². The zero-order valence-corrected chi connectivity index (χ0v) is 17.0. The molecule has 0 atom stereocenters. The molecule has 3 aromatic carbocycles. The van der Waals surface area contributed by atoms with Gasteiger partial charge < -0.3 is 4.90 Å². The number of ketones is 1. The van der Waals surface area contributed by atoms with Gasteiger partial charge in [0.1, 0.15) is 0 Å². The molecular weight excluding hydrogens is 390 g/mol. The largest absolute Gasteiger partial charge is 0.302 e. The Labute approximate surface area is 179 Å². The lowest BCUT2D eigenvalue weighted by Gasteiger charge is -2.23. The molecule has 4 heteroatoms. The highest BCUT2D eigenvalue weighted by atomic mass is 32.1. The van der Waals surface area contributed by atoms with Gasteiger partial charge in [0, 0.05) is 22.5 Å². The smallest absolute Gasteiger partial charge is 0.186 e. The number of carbonyl (C=O) groups is 2. The van der Waals surface area contributed by atoms with Gasteiger partial charge in [-0.1, -0.05) is 60.7 Å². The molecule has 1 heterocycles. The summed E-state index contributed by atoms with van der Waals surface area (Å²) >= 11 is 1.68. The van der Waals surface area contributed by atoms with Crippen LogP contribution in [0.25, 0.3) is 6.08 Å². The summed E-state index contributed by atoms with van der Waals surface area (Å²) < 4.78 is 0. The van der Waals surface area contributed by atoms with Crippen molar-refractivity contribution in [1.82, 2.24) is 0 Å². The zero-order valence-electron chi connectivity index (χ0n) is 16.1. The summed E-state index contributed by atoms with van der Waals surface area (Å²) in [4.78, 5) is 25.8. The topological polar surface area (TPSA) is 37.4 Å². The molecule has 4 rings (SSSR count). The molecule has 0 amide bonds. The molecule has 0 aliphatic carbocycles. The lowest BCUT2D eigenvalue weighted by molar-refractivity contribution is 0.103. The maximum Gasteiger partial charge on any atom is 0.186 e. The molecule has 0 saturated heterocycles. The van der Waals surface area contributed by atoms with Crippen molar-refractivity contribution in [1.29, 1.82) is 0 Å². The number of benzene rings is 3. The van der Waals surface area contributed by atoms with Crippen LogP contribution in [0.2, 0.25) is 0 Å². The second kappa shape index (κ2) is 9.16. The average Bonchev–Trinajstić information content (AvgIpc) is 3.33. The Hall–Kier alpha value is -3.76. The summed E-state index contributed by atoms with van der Waals surface area (Å²) in [6.45, 7) is 0. The number of carbonyl (C=O) groups excluding carboxylic acids is 2. The summed E-state index contributed by atoms with van der Waals surface area (Å²) in [5.74, 6) is -0.189. The third kappa shape index (κ3) is 4.29. The number of hydrogen-bond donors (Lipinski definition) is 0. The first-order chi connectivity index (χ1) is 14.8. The van der Waals surface area contributed by atoms with Crippen molar-refractivity contribution in [3.8, 4) is 0 Å². The molecule has 146 valence electrons. The van der Waals surface area contributed by atoms with Gasteiger partial charge >= 0.3 is 0 Å². The van der Waals surface area contributed by atoms with Crippen molar-refractivity contribution >= 4 is 45.9 Å². The first kappa shape index (κ1) is 19.6. The summed E-state index contributed by atoms with van der Waals surface area (Å²) in [5, 5.41) is 3.19. The van der Waals surface area contributed by atoms with Crippen LogP contribution in [-0.4, -0.2) is 12.1 Å². The van der Waals surface area contributed by atoms with E-state index < -0.39 is 0 Å². The van der Waals surface area contributed by atoms with E-state index in [0.717, 1.165) is 21.9 Å². The van der Waals surface area contributed by atoms with Gasteiger partial charge in [-0.25, -0.2) is 0 Å². The van der Waals surface area contributed by atoms with E-state index in [1.54, 1.807) is 41.7 Å². The Balaban J connectivity index is 1.58. The van der Waals surface area contributed by atoms with Crippen LogP contribution in [0.1, 0.15) is 26.3 Å². The van der Waals surface area contributed by atoms with Gasteiger partial charge in [0.25, 0.3) is 0 Å². The predicted molar refractivity (Wildman–Crippen MR) is 124 cm³/mol. The third-order valence-corrected chi connectivity index (χ3v) is 5.53. The molecule has 1 aromatic heterocycles. The van der Waals surface area contributed by atoms with Crippen molar-refractivity contribution in [2.75, 3.05) is 4.90 Å². The second-order valence-corrected chi connectivity index (χ2v) is 7.54. The van der Waals surface area contributed by atoms with Gasteiger partial charge in [-0.05, 0) is 53.4 Å². The number of rotatable bonds is 7. The molecule has 0 fully saturated rings. The molecule has 4 aromatic rings. The van der Waals surface area contributed by atoms with Crippen LogP contribution in [0.4, 0.5) is 16.4 Å². The fraction of sp³-hybridized carbons (Fsp3) is 0. The number of hydrogen-bond acceptors (Lipinski definition) is 4. The fourth-order valence-electron chi connectivity index (χ4n) is 3.20. The number of thiophene rings is 1. The summed E-state index contributed by atoms with van der Waals surface area (Å²) in [7, 11) is 0. The van der Waals surface area contributed by atoms with Crippen molar-refractivity contribution in [3.05, 3.63) is 119 Å². The van der Waals surface area contributed by atoms with E-state index in [2.05, 4.69) is 28.5 Å². The predicted octanol–water partition coefficient (Wildman–Crippen LogP) is 6.93. The monoisotopic (exact) mass is 409 g/mol. The van der Waals surface area contributed by atoms with Crippen LogP contribution in [0.15, 0.2) is 102 Å². The molecular formula is C26H19NO2S.